The van der Waals surface area contributed by atoms with Crippen LogP contribution in [0.5, 0.6) is 5.75 Å². The SMILES string of the molecule is CCOc1ccc(Nc2cc(C(=O)NC(C)C)nc(-c3ccccc3)n2)cc1. The van der Waals surface area contributed by atoms with Gasteiger partial charge >= 0.3 is 0 Å². The summed E-state index contributed by atoms with van der Waals surface area (Å²) in [6, 6.07) is 18.9. The average molecular weight is 376 g/mol. The highest BCUT2D eigenvalue weighted by molar-refractivity contribution is 5.93. The number of rotatable bonds is 7. The number of benzene rings is 2. The first-order valence-electron chi connectivity index (χ1n) is 9.30. The first-order chi connectivity index (χ1) is 13.5. The van der Waals surface area contributed by atoms with E-state index in [9.17, 15) is 4.79 Å². The van der Waals surface area contributed by atoms with Crippen molar-refractivity contribution in [1.29, 1.82) is 0 Å². The third kappa shape index (κ3) is 5.07. The van der Waals surface area contributed by atoms with Crippen molar-refractivity contribution < 1.29 is 9.53 Å². The van der Waals surface area contributed by atoms with Crippen molar-refractivity contribution in [3.63, 3.8) is 0 Å². The Hall–Kier alpha value is -3.41. The molecule has 1 amide bonds. The smallest absolute Gasteiger partial charge is 0.270 e. The lowest BCUT2D eigenvalue weighted by Gasteiger charge is -2.12. The first-order valence-corrected chi connectivity index (χ1v) is 9.30. The Kier molecular flexibility index (Phi) is 6.22. The molecule has 0 aliphatic carbocycles. The van der Waals surface area contributed by atoms with Gasteiger partial charge in [-0.2, -0.15) is 0 Å². The number of carbonyl (C=O) groups is 1. The minimum atomic E-state index is -0.232. The second kappa shape index (κ2) is 8.99. The van der Waals surface area contributed by atoms with Crippen LogP contribution in [0.2, 0.25) is 0 Å². The lowest BCUT2D eigenvalue weighted by Crippen LogP contribution is -2.31. The molecule has 2 N–H and O–H groups in total. The number of aromatic nitrogens is 2. The lowest BCUT2D eigenvalue weighted by molar-refractivity contribution is 0.0938. The molecular formula is C22H24N4O2. The van der Waals surface area contributed by atoms with Crippen LogP contribution < -0.4 is 15.4 Å². The molecule has 6 heteroatoms. The van der Waals surface area contributed by atoms with Crippen LogP contribution >= 0.6 is 0 Å². The van der Waals surface area contributed by atoms with E-state index in [1.165, 1.54) is 0 Å². The van der Waals surface area contributed by atoms with Gasteiger partial charge < -0.3 is 15.4 Å². The predicted octanol–water partition coefficient (Wildman–Crippen LogP) is 4.42. The van der Waals surface area contributed by atoms with Gasteiger partial charge in [0.1, 0.15) is 17.3 Å². The van der Waals surface area contributed by atoms with E-state index in [0.29, 0.717) is 23.9 Å². The molecule has 0 aliphatic heterocycles. The second-order valence-electron chi connectivity index (χ2n) is 6.54. The quantitative estimate of drug-likeness (QED) is 0.638. The van der Waals surface area contributed by atoms with E-state index in [4.69, 9.17) is 4.74 Å². The summed E-state index contributed by atoms with van der Waals surface area (Å²) in [6.07, 6.45) is 0. The number of nitrogens with one attached hydrogen (secondary N) is 2. The van der Waals surface area contributed by atoms with Crippen molar-refractivity contribution in [2.75, 3.05) is 11.9 Å². The maximum absolute atomic E-state index is 12.5. The molecular weight excluding hydrogens is 352 g/mol. The highest BCUT2D eigenvalue weighted by Gasteiger charge is 2.14. The van der Waals surface area contributed by atoms with Gasteiger partial charge in [-0.05, 0) is 45.0 Å². The zero-order valence-corrected chi connectivity index (χ0v) is 16.3. The van der Waals surface area contributed by atoms with Gasteiger partial charge in [-0.25, -0.2) is 9.97 Å². The minimum Gasteiger partial charge on any atom is -0.494 e. The Bertz CT molecular complexity index is 925. The van der Waals surface area contributed by atoms with E-state index >= 15 is 0 Å². The Labute approximate surface area is 165 Å². The highest BCUT2D eigenvalue weighted by atomic mass is 16.5. The molecule has 0 bridgehead atoms. The van der Waals surface area contributed by atoms with Gasteiger partial charge in [0, 0.05) is 23.4 Å². The molecule has 0 aliphatic rings. The van der Waals surface area contributed by atoms with E-state index in [2.05, 4.69) is 20.6 Å². The van der Waals surface area contributed by atoms with Crippen LogP contribution in [0.15, 0.2) is 60.7 Å². The molecule has 0 spiro atoms. The third-order valence-corrected chi connectivity index (χ3v) is 3.85. The topological polar surface area (TPSA) is 76.1 Å². The molecule has 6 nitrogen and oxygen atoms in total. The molecule has 0 saturated carbocycles. The fourth-order valence-corrected chi connectivity index (χ4v) is 2.63. The average Bonchev–Trinajstić information content (AvgIpc) is 2.70. The summed E-state index contributed by atoms with van der Waals surface area (Å²) in [5.41, 5.74) is 2.00. The first kappa shape index (κ1) is 19.4. The predicted molar refractivity (Wildman–Crippen MR) is 111 cm³/mol. The van der Waals surface area contributed by atoms with E-state index in [-0.39, 0.29) is 11.9 Å². The molecule has 1 heterocycles. The van der Waals surface area contributed by atoms with Crippen LogP contribution in [-0.2, 0) is 0 Å². The van der Waals surface area contributed by atoms with Crippen molar-refractivity contribution in [2.45, 2.75) is 26.8 Å². The monoisotopic (exact) mass is 376 g/mol. The van der Waals surface area contributed by atoms with Crippen molar-refractivity contribution in [3.05, 3.63) is 66.4 Å². The number of hydrogen-bond acceptors (Lipinski definition) is 5. The Morgan fingerprint density at radius 2 is 1.75 bits per heavy atom. The summed E-state index contributed by atoms with van der Waals surface area (Å²) in [4.78, 5) is 21.6. The fraction of sp³-hybridized carbons (Fsp3) is 0.227. The van der Waals surface area contributed by atoms with Gasteiger partial charge in [0.05, 0.1) is 6.61 Å². The molecule has 0 saturated heterocycles. The third-order valence-electron chi connectivity index (χ3n) is 3.85. The number of hydrogen-bond donors (Lipinski definition) is 2. The van der Waals surface area contributed by atoms with E-state index in [1.807, 2.05) is 75.4 Å². The minimum absolute atomic E-state index is 0.0187. The van der Waals surface area contributed by atoms with E-state index < -0.39 is 0 Å². The fourth-order valence-electron chi connectivity index (χ4n) is 2.63. The summed E-state index contributed by atoms with van der Waals surface area (Å²) in [5.74, 6) is 1.61. The van der Waals surface area contributed by atoms with Crippen LogP contribution in [0.1, 0.15) is 31.3 Å². The summed E-state index contributed by atoms with van der Waals surface area (Å²) < 4.78 is 5.47. The standard InChI is InChI=1S/C22H24N4O2/c1-4-28-18-12-10-17(11-13-18)24-20-14-19(22(27)23-15(2)3)25-21(26-20)16-8-6-5-7-9-16/h5-15H,4H2,1-3H3,(H,23,27)(H,24,25,26). The summed E-state index contributed by atoms with van der Waals surface area (Å²) in [5, 5.41) is 6.12. The van der Waals surface area contributed by atoms with Gasteiger partial charge in [-0.3, -0.25) is 4.79 Å². The molecule has 3 aromatic rings. The number of anilines is 2. The maximum Gasteiger partial charge on any atom is 0.270 e. The van der Waals surface area contributed by atoms with Crippen molar-refractivity contribution in [1.82, 2.24) is 15.3 Å². The number of ether oxygens (including phenoxy) is 1. The largest absolute Gasteiger partial charge is 0.494 e. The van der Waals surface area contributed by atoms with Gasteiger partial charge in [-0.1, -0.05) is 30.3 Å². The Balaban J connectivity index is 1.93. The van der Waals surface area contributed by atoms with Crippen molar-refractivity contribution in [3.8, 4) is 17.1 Å². The van der Waals surface area contributed by atoms with Crippen LogP contribution in [0.25, 0.3) is 11.4 Å². The van der Waals surface area contributed by atoms with Crippen molar-refractivity contribution in [2.24, 2.45) is 0 Å². The zero-order chi connectivity index (χ0) is 19.9. The number of carbonyl (C=O) groups excluding carboxylic acids is 1. The summed E-state index contributed by atoms with van der Waals surface area (Å²) in [7, 11) is 0. The van der Waals surface area contributed by atoms with Gasteiger partial charge in [0.2, 0.25) is 0 Å². The van der Waals surface area contributed by atoms with Crippen LogP contribution in [0.3, 0.4) is 0 Å². The van der Waals surface area contributed by atoms with Gasteiger partial charge in [0.25, 0.3) is 5.91 Å². The second-order valence-corrected chi connectivity index (χ2v) is 6.54. The number of nitrogens with zero attached hydrogens (tertiary/aromatic N) is 2. The van der Waals surface area contributed by atoms with E-state index in [0.717, 1.165) is 17.0 Å². The zero-order valence-electron chi connectivity index (χ0n) is 16.3. The van der Waals surface area contributed by atoms with Gasteiger partial charge in [0.15, 0.2) is 5.82 Å². The molecule has 3 rings (SSSR count). The summed E-state index contributed by atoms with van der Waals surface area (Å²) >= 11 is 0. The molecule has 1 aromatic heterocycles. The van der Waals surface area contributed by atoms with Crippen LogP contribution in [0.4, 0.5) is 11.5 Å². The maximum atomic E-state index is 12.5. The molecule has 144 valence electrons. The molecule has 0 radical (unpaired) electrons. The number of amides is 1. The highest BCUT2D eigenvalue weighted by Crippen LogP contribution is 2.22. The van der Waals surface area contributed by atoms with Crippen LogP contribution in [0, 0.1) is 0 Å². The molecule has 2 aromatic carbocycles. The summed E-state index contributed by atoms with van der Waals surface area (Å²) in [6.45, 7) is 6.39. The van der Waals surface area contributed by atoms with Gasteiger partial charge in [-0.15, -0.1) is 0 Å². The molecule has 0 unspecified atom stereocenters. The normalized spacial score (nSPS) is 10.6. The molecule has 0 fully saturated rings. The van der Waals surface area contributed by atoms with Crippen LogP contribution in [-0.4, -0.2) is 28.5 Å². The molecule has 0 atom stereocenters. The van der Waals surface area contributed by atoms with Crippen molar-refractivity contribution >= 4 is 17.4 Å². The Morgan fingerprint density at radius 1 is 1.04 bits per heavy atom. The lowest BCUT2D eigenvalue weighted by atomic mass is 10.2. The Morgan fingerprint density at radius 3 is 2.39 bits per heavy atom. The molecule has 28 heavy (non-hydrogen) atoms. The van der Waals surface area contributed by atoms with E-state index in [1.54, 1.807) is 6.07 Å².